The fourth-order valence-corrected chi connectivity index (χ4v) is 10.4. The van der Waals surface area contributed by atoms with Crippen molar-refractivity contribution in [3.63, 3.8) is 0 Å². The van der Waals surface area contributed by atoms with E-state index in [1.807, 2.05) is 0 Å². The van der Waals surface area contributed by atoms with Gasteiger partial charge in [0.15, 0.2) is 17.8 Å². The van der Waals surface area contributed by atoms with Crippen LogP contribution in [0.1, 0.15) is 45.3 Å². The van der Waals surface area contributed by atoms with Crippen LogP contribution in [-0.4, -0.2) is 89.1 Å². The van der Waals surface area contributed by atoms with E-state index in [0.29, 0.717) is 19.3 Å². The van der Waals surface area contributed by atoms with Gasteiger partial charge in [-0.2, -0.15) is 9.29 Å². The first kappa shape index (κ1) is 36.1. The van der Waals surface area contributed by atoms with Crippen molar-refractivity contribution in [1.82, 2.24) is 9.55 Å². The van der Waals surface area contributed by atoms with Gasteiger partial charge >= 0.3 is 21.3 Å². The summed E-state index contributed by atoms with van der Waals surface area (Å²) in [4.78, 5) is 74.8. The standard InChI is InChI=1S/C29H37N3O15P2/c1-28-11-19(34)23-16-5-3-15(33)10-14(16)2-4-17(23)18(28)6-8-29(28,39)21(35)13-45-49(42,43)47-48(40,41)44-12-20-24(36)25(37)26(46-20)32-9-7-22(30)31-27(32)38/h3,5,7,9-10,16-18,20,23-26,36-37,39H,2,4,6,8,11-13H2,1H3,(H,40,41)(H,42,43)(H2,30,31,38)/t16?,17?,18?,20-,23?,24-,25+,26?,28?,29+/m1/s1. The molecule has 0 spiro atoms. The zero-order valence-corrected chi connectivity index (χ0v) is 27.9. The Hall–Kier alpha value is -2.73. The highest BCUT2D eigenvalue weighted by Crippen LogP contribution is 2.65. The number of ether oxygens (including phenoxy) is 1. The number of hydrogen-bond donors (Lipinski definition) is 6. The van der Waals surface area contributed by atoms with Gasteiger partial charge in [-0.05, 0) is 55.7 Å². The predicted molar refractivity (Wildman–Crippen MR) is 164 cm³/mol. The van der Waals surface area contributed by atoms with Crippen molar-refractivity contribution < 1.29 is 66.7 Å². The molecule has 49 heavy (non-hydrogen) atoms. The number of nitrogen functional groups attached to an aromatic ring is 1. The summed E-state index contributed by atoms with van der Waals surface area (Å²) in [6.45, 7) is -0.551. The first-order chi connectivity index (χ1) is 22.9. The number of nitrogens with zero attached hydrogens (tertiary/aromatic N) is 2. The summed E-state index contributed by atoms with van der Waals surface area (Å²) in [5, 5.41) is 32.4. The summed E-state index contributed by atoms with van der Waals surface area (Å²) in [6, 6.07) is 1.23. The molecule has 7 N–H and O–H groups in total. The van der Waals surface area contributed by atoms with E-state index in [9.17, 15) is 53.4 Å². The number of aliphatic hydroxyl groups is 3. The van der Waals surface area contributed by atoms with E-state index in [1.54, 1.807) is 19.1 Å². The van der Waals surface area contributed by atoms with E-state index in [2.05, 4.69) is 13.8 Å². The van der Waals surface area contributed by atoms with Crippen molar-refractivity contribution >= 4 is 38.8 Å². The number of carbonyl (C=O) groups excluding carboxylic acids is 3. The van der Waals surface area contributed by atoms with Gasteiger partial charge in [-0.25, -0.2) is 13.9 Å². The summed E-state index contributed by atoms with van der Waals surface area (Å²) in [5.74, 6) is -2.47. The molecular weight excluding hydrogens is 692 g/mol. The molecule has 1 saturated heterocycles. The molecule has 1 aromatic rings. The molecule has 6 rings (SSSR count). The second-order valence-corrected chi connectivity index (χ2v) is 16.4. The number of phosphoric ester groups is 2. The second-order valence-electron chi connectivity index (χ2n) is 13.4. The van der Waals surface area contributed by atoms with Crippen molar-refractivity contribution in [2.45, 2.75) is 69.2 Å². The number of rotatable bonds is 10. The van der Waals surface area contributed by atoms with Gasteiger partial charge in [-0.15, -0.1) is 0 Å². The van der Waals surface area contributed by atoms with E-state index >= 15 is 0 Å². The van der Waals surface area contributed by atoms with Crippen LogP contribution in [-0.2, 0) is 41.6 Å². The van der Waals surface area contributed by atoms with Gasteiger partial charge in [0.25, 0.3) is 0 Å². The topological polar surface area (TPSA) is 284 Å². The maximum Gasteiger partial charge on any atom is 0.481 e. The third-order valence-corrected chi connectivity index (χ3v) is 13.3. The highest BCUT2D eigenvalue weighted by Gasteiger charge is 2.67. The molecule has 2 heterocycles. The molecule has 18 nitrogen and oxygen atoms in total. The molecule has 20 heteroatoms. The molecule has 1 aromatic heterocycles. The number of Topliss-reactive ketones (excluding diaryl/α,β-unsaturated/α-hetero) is 2. The van der Waals surface area contributed by atoms with Crippen LogP contribution in [0, 0.1) is 29.1 Å². The summed E-state index contributed by atoms with van der Waals surface area (Å²) in [6.07, 6.45) is 0.800. The third-order valence-electron chi connectivity index (χ3n) is 10.7. The molecule has 4 fully saturated rings. The lowest BCUT2D eigenvalue weighted by Gasteiger charge is -2.53. The number of fused-ring (bicyclic) bond motifs is 5. The highest BCUT2D eigenvalue weighted by molar-refractivity contribution is 7.61. The number of carbonyl (C=O) groups is 3. The van der Waals surface area contributed by atoms with Crippen molar-refractivity contribution in [2.24, 2.45) is 29.1 Å². The Kier molecular flexibility index (Phi) is 9.42. The lowest BCUT2D eigenvalue weighted by Crippen LogP contribution is -2.59. The van der Waals surface area contributed by atoms with Gasteiger partial charge in [0.1, 0.15) is 42.1 Å². The lowest BCUT2D eigenvalue weighted by molar-refractivity contribution is -0.166. The molecule has 0 bridgehead atoms. The second kappa shape index (κ2) is 12.8. The number of hydrogen-bond acceptors (Lipinski definition) is 15. The normalized spacial score (nSPS) is 39.3. The predicted octanol–water partition coefficient (Wildman–Crippen LogP) is 0.0923. The van der Waals surface area contributed by atoms with E-state index in [4.69, 9.17) is 15.0 Å². The van der Waals surface area contributed by atoms with Gasteiger partial charge in [0.2, 0.25) is 0 Å². The third kappa shape index (κ3) is 6.49. The minimum Gasteiger partial charge on any atom is -0.387 e. The van der Waals surface area contributed by atoms with Gasteiger partial charge in [0, 0.05) is 29.9 Å². The van der Waals surface area contributed by atoms with Gasteiger partial charge in [0.05, 0.1) is 6.61 Å². The maximum absolute atomic E-state index is 13.6. The Labute approximate surface area is 278 Å². The molecule has 1 aliphatic heterocycles. The van der Waals surface area contributed by atoms with E-state index in [0.717, 1.165) is 16.3 Å². The molecular formula is C29H37N3O15P2. The number of phosphoric acid groups is 2. The average Bonchev–Trinajstić information content (AvgIpc) is 3.45. The first-order valence-corrected chi connectivity index (χ1v) is 18.6. The van der Waals surface area contributed by atoms with Crippen molar-refractivity contribution in [1.29, 1.82) is 0 Å². The maximum atomic E-state index is 13.6. The quantitative estimate of drug-likeness (QED) is 0.174. The molecule has 0 amide bonds. The Bertz CT molecular complexity index is 1780. The number of anilines is 1. The van der Waals surface area contributed by atoms with Crippen LogP contribution in [0.4, 0.5) is 5.82 Å². The number of ketones is 3. The molecule has 8 unspecified atom stereocenters. The summed E-state index contributed by atoms with van der Waals surface area (Å²) in [7, 11) is -11.0. The molecule has 268 valence electrons. The molecule has 4 aliphatic carbocycles. The smallest absolute Gasteiger partial charge is 0.387 e. The lowest BCUT2D eigenvalue weighted by atomic mass is 9.50. The minimum atomic E-state index is -5.51. The van der Waals surface area contributed by atoms with Crippen molar-refractivity contribution in [2.75, 3.05) is 18.9 Å². The van der Waals surface area contributed by atoms with Crippen molar-refractivity contribution in [3.05, 3.63) is 46.5 Å². The van der Waals surface area contributed by atoms with Gasteiger partial charge < -0.3 is 35.6 Å². The highest BCUT2D eigenvalue weighted by atomic mass is 31.3. The average molecular weight is 730 g/mol. The summed E-state index contributed by atoms with van der Waals surface area (Å²) in [5.41, 5.74) is 2.06. The Morgan fingerprint density at radius 3 is 2.57 bits per heavy atom. The molecule has 3 saturated carbocycles. The Morgan fingerprint density at radius 1 is 1.14 bits per heavy atom. The van der Waals surface area contributed by atoms with Crippen LogP contribution in [0.3, 0.4) is 0 Å². The van der Waals surface area contributed by atoms with Crippen LogP contribution < -0.4 is 11.4 Å². The number of allylic oxidation sites excluding steroid dienone is 4. The fraction of sp³-hybridized carbons (Fsp3) is 0.621. The Balaban J connectivity index is 1.06. The van der Waals surface area contributed by atoms with Crippen LogP contribution in [0.15, 0.2) is 40.9 Å². The monoisotopic (exact) mass is 729 g/mol. The number of aliphatic hydroxyl groups excluding tert-OH is 2. The zero-order valence-electron chi connectivity index (χ0n) is 26.1. The largest absolute Gasteiger partial charge is 0.481 e. The van der Waals surface area contributed by atoms with Crippen LogP contribution in [0.25, 0.3) is 0 Å². The number of nitrogens with two attached hydrogens (primary N) is 1. The van der Waals surface area contributed by atoms with Gasteiger partial charge in [-0.1, -0.05) is 18.6 Å². The summed E-state index contributed by atoms with van der Waals surface area (Å²) < 4.78 is 45.0. The van der Waals surface area contributed by atoms with E-state index < -0.39 is 81.8 Å². The van der Waals surface area contributed by atoms with Gasteiger partial charge in [-0.3, -0.25) is 28.0 Å². The van der Waals surface area contributed by atoms with Crippen molar-refractivity contribution in [3.8, 4) is 0 Å². The van der Waals surface area contributed by atoms with E-state index in [1.165, 1.54) is 12.1 Å². The van der Waals surface area contributed by atoms with Crippen LogP contribution >= 0.6 is 15.6 Å². The molecule has 0 aromatic carbocycles. The molecule has 0 radical (unpaired) electrons. The molecule has 5 aliphatic rings. The summed E-state index contributed by atoms with van der Waals surface area (Å²) >= 11 is 0. The fourth-order valence-electron chi connectivity index (χ4n) is 8.41. The number of aromatic nitrogens is 2. The Morgan fingerprint density at radius 2 is 1.86 bits per heavy atom. The van der Waals surface area contributed by atoms with E-state index in [-0.39, 0.29) is 48.0 Å². The zero-order chi connectivity index (χ0) is 35.7. The SMILES string of the molecule is CC12CC(=O)C3C4C=CC(=O)C=C4CCC3C1CC[C@]2(O)C(=O)COP(=O)(O)OP(=O)(O)OC[C@H]1OC(n2ccc(N)nc2=O)[C@@H](O)[C@@H]1O. The first-order valence-electron chi connectivity index (χ1n) is 15.6. The minimum absolute atomic E-state index is 0.0537. The molecule has 12 atom stereocenters. The van der Waals surface area contributed by atoms with Crippen LogP contribution in [0.5, 0.6) is 0 Å². The van der Waals surface area contributed by atoms with Crippen LogP contribution in [0.2, 0.25) is 0 Å².